The van der Waals surface area contributed by atoms with Gasteiger partial charge < -0.3 is 9.47 Å². The summed E-state index contributed by atoms with van der Waals surface area (Å²) in [5.74, 6) is 5.05. The second-order valence-electron chi connectivity index (χ2n) is 2.50. The lowest BCUT2D eigenvalue weighted by atomic mass is 10.7. The molecular formula is C7H11F2N5O2. The Morgan fingerprint density at radius 3 is 2.38 bits per heavy atom. The van der Waals surface area contributed by atoms with Crippen molar-refractivity contribution in [2.75, 3.05) is 18.6 Å². The Bertz CT molecular complexity index is 339. The molecule has 0 spiro atoms. The zero-order chi connectivity index (χ0) is 12.0. The van der Waals surface area contributed by atoms with E-state index in [4.69, 9.17) is 10.6 Å². The highest BCUT2D eigenvalue weighted by atomic mass is 19.3. The normalized spacial score (nSPS) is 10.3. The van der Waals surface area contributed by atoms with Gasteiger partial charge in [0.25, 0.3) is 6.43 Å². The van der Waals surface area contributed by atoms with Crippen molar-refractivity contribution in [2.24, 2.45) is 5.84 Å². The Labute approximate surface area is 90.0 Å². The number of nitrogens with one attached hydrogen (secondary N) is 1. The standard InChI is InChI=1S/C7H11F2N5O2/c1-2-15-6-11-5(14-10)12-7(13-6)16-3-4(8)9/h4H,2-3,10H2,1H3,(H,11,12,13,14). The van der Waals surface area contributed by atoms with Crippen LogP contribution in [0.1, 0.15) is 6.92 Å². The summed E-state index contributed by atoms with van der Waals surface area (Å²) in [5.41, 5.74) is 2.14. The van der Waals surface area contributed by atoms with E-state index >= 15 is 0 Å². The average molecular weight is 235 g/mol. The Morgan fingerprint density at radius 2 is 1.88 bits per heavy atom. The molecule has 0 atom stereocenters. The van der Waals surface area contributed by atoms with E-state index in [0.29, 0.717) is 6.61 Å². The van der Waals surface area contributed by atoms with Gasteiger partial charge in [-0.05, 0) is 6.92 Å². The number of hydrazine groups is 1. The zero-order valence-corrected chi connectivity index (χ0v) is 8.48. The van der Waals surface area contributed by atoms with E-state index in [2.05, 4.69) is 25.1 Å². The van der Waals surface area contributed by atoms with Crippen LogP contribution in [0.3, 0.4) is 0 Å². The van der Waals surface area contributed by atoms with Crippen molar-refractivity contribution in [3.8, 4) is 12.0 Å². The van der Waals surface area contributed by atoms with Crippen molar-refractivity contribution in [3.05, 3.63) is 0 Å². The summed E-state index contributed by atoms with van der Waals surface area (Å²) in [6.07, 6.45) is -2.61. The molecule has 16 heavy (non-hydrogen) atoms. The maximum atomic E-state index is 11.9. The maximum absolute atomic E-state index is 11.9. The van der Waals surface area contributed by atoms with Crippen LogP contribution in [0.15, 0.2) is 0 Å². The van der Waals surface area contributed by atoms with Crippen molar-refractivity contribution in [1.82, 2.24) is 15.0 Å². The van der Waals surface area contributed by atoms with Crippen molar-refractivity contribution < 1.29 is 18.3 Å². The topological polar surface area (TPSA) is 95.2 Å². The van der Waals surface area contributed by atoms with E-state index in [1.54, 1.807) is 6.92 Å². The molecule has 9 heteroatoms. The van der Waals surface area contributed by atoms with Gasteiger partial charge in [-0.1, -0.05) is 0 Å². The number of nitrogen functional groups attached to an aromatic ring is 1. The molecule has 0 fully saturated rings. The lowest BCUT2D eigenvalue weighted by Crippen LogP contribution is -2.15. The summed E-state index contributed by atoms with van der Waals surface area (Å²) in [6, 6.07) is -0.318. The van der Waals surface area contributed by atoms with Crippen LogP contribution < -0.4 is 20.7 Å². The lowest BCUT2D eigenvalue weighted by Gasteiger charge is -2.07. The van der Waals surface area contributed by atoms with Gasteiger partial charge in [0.15, 0.2) is 6.61 Å². The molecule has 0 amide bonds. The quantitative estimate of drug-likeness (QED) is 0.537. The van der Waals surface area contributed by atoms with E-state index in [1.165, 1.54) is 0 Å². The Hall–Kier alpha value is -1.77. The van der Waals surface area contributed by atoms with Gasteiger partial charge in [-0.3, -0.25) is 5.43 Å². The zero-order valence-electron chi connectivity index (χ0n) is 8.48. The minimum Gasteiger partial charge on any atom is -0.464 e. The van der Waals surface area contributed by atoms with Gasteiger partial charge in [0.1, 0.15) is 0 Å². The third kappa shape index (κ3) is 3.77. The van der Waals surface area contributed by atoms with Gasteiger partial charge in [-0.15, -0.1) is 4.98 Å². The van der Waals surface area contributed by atoms with Crippen LogP contribution >= 0.6 is 0 Å². The largest absolute Gasteiger partial charge is 0.464 e. The Kier molecular flexibility index (Phi) is 4.58. The van der Waals surface area contributed by atoms with Gasteiger partial charge in [0.05, 0.1) is 6.61 Å². The molecule has 0 aliphatic heterocycles. The number of nitrogens with zero attached hydrogens (tertiary/aromatic N) is 3. The highest BCUT2D eigenvalue weighted by molar-refractivity contribution is 5.25. The molecule has 3 N–H and O–H groups in total. The van der Waals surface area contributed by atoms with Crippen LogP contribution in [-0.4, -0.2) is 34.6 Å². The Morgan fingerprint density at radius 1 is 1.25 bits per heavy atom. The molecule has 0 unspecified atom stereocenters. The van der Waals surface area contributed by atoms with Crippen LogP contribution in [0.4, 0.5) is 14.7 Å². The Balaban J connectivity index is 2.77. The molecule has 1 heterocycles. The molecule has 0 aromatic carbocycles. The fraction of sp³-hybridized carbons (Fsp3) is 0.571. The predicted octanol–water partition coefficient (Wildman–Crippen LogP) is 0.200. The third-order valence-electron chi connectivity index (χ3n) is 1.34. The van der Waals surface area contributed by atoms with Crippen molar-refractivity contribution in [1.29, 1.82) is 0 Å². The number of hydrogen-bond donors (Lipinski definition) is 2. The predicted molar refractivity (Wildman–Crippen MR) is 50.3 cm³/mol. The summed E-state index contributed by atoms with van der Waals surface area (Å²) in [6.45, 7) is 1.24. The molecular weight excluding hydrogens is 224 g/mol. The first-order valence-corrected chi connectivity index (χ1v) is 4.42. The number of nitrogens with two attached hydrogens (primary N) is 1. The highest BCUT2D eigenvalue weighted by Gasteiger charge is 2.10. The van der Waals surface area contributed by atoms with E-state index in [-0.39, 0.29) is 18.0 Å². The second-order valence-corrected chi connectivity index (χ2v) is 2.50. The van der Waals surface area contributed by atoms with E-state index in [1.807, 2.05) is 0 Å². The first kappa shape index (κ1) is 12.3. The minimum absolute atomic E-state index is 0.0253. The van der Waals surface area contributed by atoms with Gasteiger partial charge in [0.2, 0.25) is 5.95 Å². The first-order chi connectivity index (χ1) is 7.65. The summed E-state index contributed by atoms with van der Waals surface area (Å²) < 4.78 is 33.3. The molecule has 7 nitrogen and oxygen atoms in total. The minimum atomic E-state index is -2.61. The van der Waals surface area contributed by atoms with E-state index in [0.717, 1.165) is 0 Å². The van der Waals surface area contributed by atoms with E-state index in [9.17, 15) is 8.78 Å². The molecule has 1 aromatic rings. The number of hydrogen-bond acceptors (Lipinski definition) is 7. The average Bonchev–Trinajstić information content (AvgIpc) is 2.26. The number of rotatable bonds is 6. The monoisotopic (exact) mass is 235 g/mol. The maximum Gasteiger partial charge on any atom is 0.324 e. The smallest absolute Gasteiger partial charge is 0.324 e. The highest BCUT2D eigenvalue weighted by Crippen LogP contribution is 2.12. The van der Waals surface area contributed by atoms with Crippen LogP contribution in [0.25, 0.3) is 0 Å². The van der Waals surface area contributed by atoms with Crippen molar-refractivity contribution >= 4 is 5.95 Å². The molecule has 0 bridgehead atoms. The molecule has 90 valence electrons. The van der Waals surface area contributed by atoms with Crippen molar-refractivity contribution in [2.45, 2.75) is 13.3 Å². The fourth-order valence-corrected chi connectivity index (χ4v) is 0.798. The summed E-state index contributed by atoms with van der Waals surface area (Å²) in [5, 5.41) is 0. The molecule has 0 radical (unpaired) electrons. The summed E-state index contributed by atoms with van der Waals surface area (Å²) >= 11 is 0. The molecule has 1 aromatic heterocycles. The van der Waals surface area contributed by atoms with Crippen molar-refractivity contribution in [3.63, 3.8) is 0 Å². The van der Waals surface area contributed by atoms with Gasteiger partial charge in [-0.25, -0.2) is 14.6 Å². The summed E-state index contributed by atoms with van der Waals surface area (Å²) in [4.78, 5) is 11.0. The van der Waals surface area contributed by atoms with E-state index < -0.39 is 13.0 Å². The summed E-state index contributed by atoms with van der Waals surface area (Å²) in [7, 11) is 0. The number of aromatic nitrogens is 3. The molecule has 0 aliphatic carbocycles. The number of anilines is 1. The third-order valence-corrected chi connectivity index (χ3v) is 1.34. The lowest BCUT2D eigenvalue weighted by molar-refractivity contribution is 0.0763. The molecule has 0 saturated carbocycles. The number of alkyl halides is 2. The fourth-order valence-electron chi connectivity index (χ4n) is 0.798. The van der Waals surface area contributed by atoms with Crippen LogP contribution in [0.2, 0.25) is 0 Å². The van der Waals surface area contributed by atoms with Crippen LogP contribution in [0.5, 0.6) is 12.0 Å². The van der Waals surface area contributed by atoms with Gasteiger partial charge >= 0.3 is 12.0 Å². The van der Waals surface area contributed by atoms with Crippen LogP contribution in [0, 0.1) is 0 Å². The molecule has 1 rings (SSSR count). The first-order valence-electron chi connectivity index (χ1n) is 4.42. The number of ether oxygens (including phenoxy) is 2. The number of halogens is 2. The molecule has 0 saturated heterocycles. The molecule has 0 aliphatic rings. The second kappa shape index (κ2) is 5.95. The SMILES string of the molecule is CCOc1nc(NN)nc(OCC(F)F)n1. The van der Waals surface area contributed by atoms with Crippen LogP contribution in [-0.2, 0) is 0 Å². The van der Waals surface area contributed by atoms with Gasteiger partial charge in [0, 0.05) is 0 Å². The van der Waals surface area contributed by atoms with Gasteiger partial charge in [-0.2, -0.15) is 9.97 Å².